The standard InChI is InChI=1S/C17H31N3O3/c1-8-12(4)14(20-16(22)23-17(5,6)7)15(21)19-13(10-18)9-11(2)3/h11-14H,8-9H2,1-7H3,(H,19,21)(H,20,22). The minimum atomic E-state index is -0.724. The lowest BCUT2D eigenvalue weighted by molar-refractivity contribution is -0.124. The summed E-state index contributed by atoms with van der Waals surface area (Å²) in [6.45, 7) is 13.1. The van der Waals surface area contributed by atoms with Gasteiger partial charge >= 0.3 is 6.09 Å². The van der Waals surface area contributed by atoms with E-state index >= 15 is 0 Å². The van der Waals surface area contributed by atoms with E-state index in [-0.39, 0.29) is 11.8 Å². The fourth-order valence-corrected chi connectivity index (χ4v) is 2.01. The molecule has 0 aromatic heterocycles. The molecule has 3 unspecified atom stereocenters. The van der Waals surface area contributed by atoms with Crippen LogP contribution in [0.4, 0.5) is 4.79 Å². The number of carbonyl (C=O) groups excluding carboxylic acids is 2. The lowest BCUT2D eigenvalue weighted by atomic mass is 9.97. The summed E-state index contributed by atoms with van der Waals surface area (Å²) in [6, 6.07) is 0.807. The molecule has 3 atom stereocenters. The minimum absolute atomic E-state index is 0.0686. The zero-order chi connectivity index (χ0) is 18.2. The molecule has 2 amide bonds. The van der Waals surface area contributed by atoms with Gasteiger partial charge in [0, 0.05) is 0 Å². The Morgan fingerprint density at radius 3 is 2.13 bits per heavy atom. The summed E-state index contributed by atoms with van der Waals surface area (Å²) < 4.78 is 5.21. The highest BCUT2D eigenvalue weighted by Gasteiger charge is 2.29. The topological polar surface area (TPSA) is 91.2 Å². The van der Waals surface area contributed by atoms with Gasteiger partial charge in [-0.15, -0.1) is 0 Å². The van der Waals surface area contributed by atoms with Crippen LogP contribution in [0, 0.1) is 23.2 Å². The molecule has 0 aliphatic heterocycles. The predicted molar refractivity (Wildman–Crippen MR) is 89.6 cm³/mol. The Hall–Kier alpha value is -1.77. The molecule has 132 valence electrons. The SMILES string of the molecule is CCC(C)C(NC(=O)OC(C)(C)C)C(=O)NC(C#N)CC(C)C. The van der Waals surface area contributed by atoms with Crippen molar-refractivity contribution >= 4 is 12.0 Å². The van der Waals surface area contributed by atoms with Crippen molar-refractivity contribution in [1.29, 1.82) is 5.26 Å². The van der Waals surface area contributed by atoms with Gasteiger partial charge in [0.05, 0.1) is 6.07 Å². The number of nitrogens with one attached hydrogen (secondary N) is 2. The second kappa shape index (κ2) is 9.39. The van der Waals surface area contributed by atoms with E-state index in [2.05, 4.69) is 16.7 Å². The number of carbonyl (C=O) groups is 2. The van der Waals surface area contributed by atoms with Crippen LogP contribution in [0.5, 0.6) is 0 Å². The first-order chi connectivity index (χ1) is 10.5. The van der Waals surface area contributed by atoms with E-state index < -0.39 is 23.8 Å². The van der Waals surface area contributed by atoms with Crippen LogP contribution in [0.25, 0.3) is 0 Å². The van der Waals surface area contributed by atoms with Crippen LogP contribution in [-0.2, 0) is 9.53 Å². The third kappa shape index (κ3) is 9.07. The van der Waals surface area contributed by atoms with Crippen molar-refractivity contribution in [1.82, 2.24) is 10.6 Å². The molecule has 0 heterocycles. The predicted octanol–water partition coefficient (Wildman–Crippen LogP) is 2.98. The lowest BCUT2D eigenvalue weighted by Gasteiger charge is -2.27. The average molecular weight is 325 g/mol. The lowest BCUT2D eigenvalue weighted by Crippen LogP contribution is -2.53. The highest BCUT2D eigenvalue weighted by atomic mass is 16.6. The van der Waals surface area contributed by atoms with Crippen molar-refractivity contribution < 1.29 is 14.3 Å². The average Bonchev–Trinajstić information content (AvgIpc) is 2.40. The van der Waals surface area contributed by atoms with Gasteiger partial charge in [-0.1, -0.05) is 34.1 Å². The van der Waals surface area contributed by atoms with Gasteiger partial charge in [0.1, 0.15) is 17.7 Å². The molecule has 0 spiro atoms. The second-order valence-electron chi connectivity index (χ2n) is 7.33. The molecule has 23 heavy (non-hydrogen) atoms. The Morgan fingerprint density at radius 2 is 1.74 bits per heavy atom. The van der Waals surface area contributed by atoms with Crippen LogP contribution in [0.2, 0.25) is 0 Å². The van der Waals surface area contributed by atoms with Crippen LogP contribution in [0.15, 0.2) is 0 Å². The Bertz CT molecular complexity index is 435. The number of ether oxygens (including phenoxy) is 1. The zero-order valence-electron chi connectivity index (χ0n) is 15.4. The molecular weight excluding hydrogens is 294 g/mol. The molecule has 0 aliphatic rings. The van der Waals surface area contributed by atoms with E-state index in [1.807, 2.05) is 27.7 Å². The van der Waals surface area contributed by atoms with Gasteiger partial charge in [0.15, 0.2) is 0 Å². The summed E-state index contributed by atoms with van der Waals surface area (Å²) in [6.07, 6.45) is 0.660. The normalized spacial score (nSPS) is 15.3. The van der Waals surface area contributed by atoms with Gasteiger partial charge in [0.25, 0.3) is 0 Å². The zero-order valence-corrected chi connectivity index (χ0v) is 15.4. The quantitative estimate of drug-likeness (QED) is 0.753. The highest BCUT2D eigenvalue weighted by Crippen LogP contribution is 2.12. The van der Waals surface area contributed by atoms with Crippen molar-refractivity contribution in [3.63, 3.8) is 0 Å². The summed E-state index contributed by atoms with van der Waals surface area (Å²) in [5.41, 5.74) is -0.632. The summed E-state index contributed by atoms with van der Waals surface area (Å²) in [4.78, 5) is 24.4. The van der Waals surface area contributed by atoms with Gasteiger partial charge < -0.3 is 15.4 Å². The Balaban J connectivity index is 4.93. The van der Waals surface area contributed by atoms with Gasteiger partial charge in [0.2, 0.25) is 5.91 Å². The fraction of sp³-hybridized carbons (Fsp3) is 0.824. The Labute approximate surface area is 140 Å². The van der Waals surface area contributed by atoms with Gasteiger partial charge in [-0.2, -0.15) is 5.26 Å². The summed E-state index contributed by atoms with van der Waals surface area (Å²) in [5, 5.41) is 14.5. The maximum absolute atomic E-state index is 12.5. The number of hydrogen-bond donors (Lipinski definition) is 2. The first-order valence-corrected chi connectivity index (χ1v) is 8.19. The molecule has 0 saturated heterocycles. The molecule has 0 radical (unpaired) electrons. The summed E-state index contributed by atoms with van der Waals surface area (Å²) >= 11 is 0. The summed E-state index contributed by atoms with van der Waals surface area (Å²) in [5.74, 6) is -0.126. The van der Waals surface area contributed by atoms with Crippen LogP contribution < -0.4 is 10.6 Å². The van der Waals surface area contributed by atoms with Crippen LogP contribution in [0.1, 0.15) is 61.3 Å². The fourth-order valence-electron chi connectivity index (χ4n) is 2.01. The molecule has 0 aromatic rings. The molecule has 6 nitrogen and oxygen atoms in total. The first-order valence-electron chi connectivity index (χ1n) is 8.19. The van der Waals surface area contributed by atoms with E-state index in [0.717, 1.165) is 6.42 Å². The smallest absolute Gasteiger partial charge is 0.408 e. The van der Waals surface area contributed by atoms with Gasteiger partial charge in [-0.3, -0.25) is 4.79 Å². The van der Waals surface area contributed by atoms with Crippen molar-refractivity contribution in [3.05, 3.63) is 0 Å². The Morgan fingerprint density at radius 1 is 1.17 bits per heavy atom. The number of alkyl carbamates (subject to hydrolysis) is 1. The number of nitrogens with zero attached hydrogens (tertiary/aromatic N) is 1. The minimum Gasteiger partial charge on any atom is -0.444 e. The third-order valence-corrected chi connectivity index (χ3v) is 3.35. The number of amides is 2. The molecule has 0 bridgehead atoms. The molecule has 0 fully saturated rings. The van der Waals surface area contributed by atoms with Crippen LogP contribution in [-0.4, -0.2) is 29.7 Å². The molecule has 0 aromatic carbocycles. The molecule has 0 rings (SSSR count). The van der Waals surface area contributed by atoms with Crippen molar-refractivity contribution in [2.45, 2.75) is 79.0 Å². The summed E-state index contributed by atoms with van der Waals surface area (Å²) in [7, 11) is 0. The van der Waals surface area contributed by atoms with E-state index in [1.54, 1.807) is 20.8 Å². The number of hydrogen-bond acceptors (Lipinski definition) is 4. The first kappa shape index (κ1) is 21.2. The van der Waals surface area contributed by atoms with Crippen LogP contribution >= 0.6 is 0 Å². The molecule has 0 aliphatic carbocycles. The van der Waals surface area contributed by atoms with Crippen LogP contribution in [0.3, 0.4) is 0 Å². The van der Waals surface area contributed by atoms with E-state index in [0.29, 0.717) is 12.3 Å². The van der Waals surface area contributed by atoms with E-state index in [1.165, 1.54) is 0 Å². The van der Waals surface area contributed by atoms with Gasteiger partial charge in [-0.05, 0) is 39.0 Å². The highest BCUT2D eigenvalue weighted by molar-refractivity contribution is 5.86. The molecular formula is C17H31N3O3. The van der Waals surface area contributed by atoms with E-state index in [4.69, 9.17) is 10.00 Å². The second-order valence-corrected chi connectivity index (χ2v) is 7.33. The van der Waals surface area contributed by atoms with E-state index in [9.17, 15) is 9.59 Å². The largest absolute Gasteiger partial charge is 0.444 e. The number of rotatable bonds is 7. The molecule has 2 N–H and O–H groups in total. The van der Waals surface area contributed by atoms with Gasteiger partial charge in [-0.25, -0.2) is 4.79 Å². The molecule has 0 saturated carbocycles. The van der Waals surface area contributed by atoms with Crippen molar-refractivity contribution in [2.24, 2.45) is 11.8 Å². The number of nitriles is 1. The molecule has 6 heteroatoms. The third-order valence-electron chi connectivity index (χ3n) is 3.35. The monoisotopic (exact) mass is 325 g/mol. The van der Waals surface area contributed by atoms with Crippen molar-refractivity contribution in [3.8, 4) is 6.07 Å². The van der Waals surface area contributed by atoms with Crippen molar-refractivity contribution in [2.75, 3.05) is 0 Å². The Kier molecular flexibility index (Phi) is 8.66. The maximum Gasteiger partial charge on any atom is 0.408 e. The maximum atomic E-state index is 12.5.